The minimum Gasteiger partial charge on any atom is -0.364 e. The number of rotatable bonds is 2. The van der Waals surface area contributed by atoms with Gasteiger partial charge in [-0.1, -0.05) is 5.16 Å². The van der Waals surface area contributed by atoms with E-state index in [9.17, 15) is 4.79 Å². The van der Waals surface area contributed by atoms with Crippen LogP contribution >= 0.6 is 0 Å². The fourth-order valence-electron chi connectivity index (χ4n) is 3.14. The summed E-state index contributed by atoms with van der Waals surface area (Å²) in [6.45, 7) is 6.08. The molecule has 3 aromatic rings. The van der Waals surface area contributed by atoms with Crippen molar-refractivity contribution in [2.75, 3.05) is 5.32 Å². The molecule has 23 heavy (non-hydrogen) atoms. The lowest BCUT2D eigenvalue weighted by Gasteiger charge is -2.32. The van der Waals surface area contributed by atoms with Crippen LogP contribution in [-0.4, -0.2) is 25.6 Å². The third kappa shape index (κ3) is 2.08. The van der Waals surface area contributed by atoms with E-state index in [1.165, 1.54) is 0 Å². The molecule has 0 bridgehead atoms. The zero-order valence-electron chi connectivity index (χ0n) is 13.2. The van der Waals surface area contributed by atoms with Gasteiger partial charge in [-0.25, -0.2) is 4.98 Å². The molecule has 0 aromatic carbocycles. The first-order valence-corrected chi connectivity index (χ1v) is 7.45. The van der Waals surface area contributed by atoms with E-state index >= 15 is 0 Å². The molecule has 0 atom stereocenters. The van der Waals surface area contributed by atoms with Crippen LogP contribution < -0.4 is 5.32 Å². The summed E-state index contributed by atoms with van der Waals surface area (Å²) in [6, 6.07) is 1.68. The lowest BCUT2D eigenvalue weighted by Crippen LogP contribution is -2.33. The second kappa shape index (κ2) is 4.58. The Morgan fingerprint density at radius 2 is 2.30 bits per heavy atom. The summed E-state index contributed by atoms with van der Waals surface area (Å²) in [6.07, 6.45) is 6.26. The van der Waals surface area contributed by atoms with Crippen molar-refractivity contribution in [3.8, 4) is 11.4 Å². The molecular weight excluding hydrogens is 294 g/mol. The number of aryl methyl sites for hydroxylation is 1. The average molecular weight is 311 g/mol. The van der Waals surface area contributed by atoms with Crippen LogP contribution in [0.3, 0.4) is 0 Å². The smallest absolute Gasteiger partial charge is 0.259 e. The lowest BCUT2D eigenvalue weighted by atomic mass is 9.90. The first-order valence-electron chi connectivity index (χ1n) is 7.45. The Bertz CT molecular complexity index is 899. The molecule has 0 saturated heterocycles. The first-order chi connectivity index (χ1) is 11.0. The highest BCUT2D eigenvalue weighted by Gasteiger charge is 2.34. The van der Waals surface area contributed by atoms with E-state index < -0.39 is 0 Å². The number of carbonyl (C=O) groups is 1. The Hall–Kier alpha value is -2.83. The van der Waals surface area contributed by atoms with Gasteiger partial charge in [0.25, 0.3) is 5.91 Å². The zero-order chi connectivity index (χ0) is 16.2. The Labute approximate surface area is 132 Å². The number of imidazole rings is 1. The molecule has 0 radical (unpaired) electrons. The number of nitrogens with one attached hydrogen (secondary N) is 2. The molecule has 7 nitrogen and oxygen atoms in total. The summed E-state index contributed by atoms with van der Waals surface area (Å²) in [5.74, 6) is 1.62. The summed E-state index contributed by atoms with van der Waals surface area (Å²) >= 11 is 0. The molecule has 1 aliphatic rings. The van der Waals surface area contributed by atoms with Gasteiger partial charge in [-0.2, -0.15) is 0 Å². The maximum absolute atomic E-state index is 12.6. The third-order valence-corrected chi connectivity index (χ3v) is 4.20. The molecule has 0 fully saturated rings. The zero-order valence-corrected chi connectivity index (χ0v) is 13.2. The minimum absolute atomic E-state index is 0.0827. The highest BCUT2D eigenvalue weighted by atomic mass is 16.5. The van der Waals surface area contributed by atoms with Gasteiger partial charge < -0.3 is 19.4 Å². The van der Waals surface area contributed by atoms with Crippen LogP contribution in [0, 0.1) is 6.92 Å². The van der Waals surface area contributed by atoms with E-state index in [1.807, 2.05) is 6.20 Å². The summed E-state index contributed by atoms with van der Waals surface area (Å²) in [7, 11) is 0. The van der Waals surface area contributed by atoms with Crippen LogP contribution in [0.15, 0.2) is 29.2 Å². The molecule has 0 spiro atoms. The van der Waals surface area contributed by atoms with Crippen molar-refractivity contribution in [1.82, 2.24) is 19.7 Å². The molecule has 118 valence electrons. The number of fused-ring (bicyclic) bond motifs is 3. The van der Waals surface area contributed by atoms with E-state index in [0.29, 0.717) is 17.1 Å². The van der Waals surface area contributed by atoms with Crippen molar-refractivity contribution in [3.05, 3.63) is 41.7 Å². The Kier molecular flexibility index (Phi) is 2.75. The number of aromatic nitrogens is 4. The predicted molar refractivity (Wildman–Crippen MR) is 84.2 cm³/mol. The normalized spacial score (nSPS) is 15.1. The maximum atomic E-state index is 12.6. The molecule has 4 heterocycles. The van der Waals surface area contributed by atoms with Gasteiger partial charge in [0.05, 0.1) is 11.1 Å². The average Bonchev–Trinajstić information content (AvgIpc) is 3.16. The highest BCUT2D eigenvalue weighted by molar-refractivity contribution is 6.08. The van der Waals surface area contributed by atoms with Gasteiger partial charge in [0.15, 0.2) is 5.82 Å². The van der Waals surface area contributed by atoms with Gasteiger partial charge in [0.1, 0.15) is 11.6 Å². The van der Waals surface area contributed by atoms with Crippen molar-refractivity contribution in [1.29, 1.82) is 0 Å². The monoisotopic (exact) mass is 311 g/mol. The second-order valence-corrected chi connectivity index (χ2v) is 6.44. The molecule has 0 aliphatic carbocycles. The SMILES string of the molecule is Cc1cc(NC(=O)c2c[nH]c3c2-c2nccn2C(C)(C)C3)no1. The van der Waals surface area contributed by atoms with Gasteiger partial charge in [-0.15, -0.1) is 0 Å². The molecule has 0 saturated carbocycles. The topological polar surface area (TPSA) is 88.7 Å². The van der Waals surface area contributed by atoms with Crippen LogP contribution in [-0.2, 0) is 12.0 Å². The number of H-pyrrole nitrogens is 1. The molecule has 0 unspecified atom stereocenters. The lowest BCUT2D eigenvalue weighted by molar-refractivity contribution is 0.102. The minimum atomic E-state index is -0.231. The van der Waals surface area contributed by atoms with Gasteiger partial charge >= 0.3 is 0 Å². The third-order valence-electron chi connectivity index (χ3n) is 4.20. The predicted octanol–water partition coefficient (Wildman–Crippen LogP) is 2.72. The Morgan fingerprint density at radius 1 is 1.48 bits per heavy atom. The number of nitrogens with zero attached hydrogens (tertiary/aromatic N) is 3. The highest BCUT2D eigenvalue weighted by Crippen LogP contribution is 2.38. The number of amides is 1. The molecule has 4 rings (SSSR count). The van der Waals surface area contributed by atoms with Gasteiger partial charge in [-0.3, -0.25) is 4.79 Å². The Balaban J connectivity index is 1.74. The van der Waals surface area contributed by atoms with Crippen molar-refractivity contribution in [2.45, 2.75) is 32.7 Å². The summed E-state index contributed by atoms with van der Waals surface area (Å²) in [5, 5.41) is 6.56. The van der Waals surface area contributed by atoms with Crippen molar-refractivity contribution in [3.63, 3.8) is 0 Å². The fourth-order valence-corrected chi connectivity index (χ4v) is 3.14. The van der Waals surface area contributed by atoms with Crippen LogP contribution in [0.5, 0.6) is 0 Å². The maximum Gasteiger partial charge on any atom is 0.259 e. The summed E-state index contributed by atoms with van der Waals surface area (Å²) in [4.78, 5) is 20.3. The summed E-state index contributed by atoms with van der Waals surface area (Å²) in [5.41, 5.74) is 2.35. The number of hydrogen-bond acceptors (Lipinski definition) is 4. The first kappa shape index (κ1) is 13.8. The van der Waals surface area contributed by atoms with Crippen molar-refractivity contribution < 1.29 is 9.32 Å². The van der Waals surface area contributed by atoms with Crippen molar-refractivity contribution in [2.24, 2.45) is 0 Å². The summed E-state index contributed by atoms with van der Waals surface area (Å²) < 4.78 is 7.09. The number of aromatic amines is 1. The van der Waals surface area contributed by atoms with Gasteiger partial charge in [0, 0.05) is 42.3 Å². The molecule has 2 N–H and O–H groups in total. The molecule has 7 heteroatoms. The largest absolute Gasteiger partial charge is 0.364 e. The molecular formula is C16H17N5O2. The van der Waals surface area contributed by atoms with E-state index in [-0.39, 0.29) is 11.4 Å². The van der Waals surface area contributed by atoms with Crippen LogP contribution in [0.2, 0.25) is 0 Å². The van der Waals surface area contributed by atoms with Crippen LogP contribution in [0.25, 0.3) is 11.4 Å². The van der Waals surface area contributed by atoms with E-state index in [4.69, 9.17) is 4.52 Å². The quantitative estimate of drug-likeness (QED) is 0.761. The van der Waals surface area contributed by atoms with Crippen molar-refractivity contribution >= 4 is 11.7 Å². The molecule has 1 aliphatic heterocycles. The fraction of sp³-hybridized carbons (Fsp3) is 0.312. The van der Waals surface area contributed by atoms with Crippen LogP contribution in [0.1, 0.15) is 35.7 Å². The van der Waals surface area contributed by atoms with E-state index in [0.717, 1.165) is 23.5 Å². The van der Waals surface area contributed by atoms with E-state index in [2.05, 4.69) is 38.9 Å². The van der Waals surface area contributed by atoms with Gasteiger partial charge in [0.2, 0.25) is 0 Å². The second-order valence-electron chi connectivity index (χ2n) is 6.44. The standard InChI is InChI=1S/C16H17N5O2/c1-9-6-12(20-23-9)19-15(22)10-8-18-11-7-16(2,3)21-5-4-17-14(21)13(10)11/h4-6,8,18H,7H2,1-3H3,(H,19,20,22). The van der Waals surface area contributed by atoms with Gasteiger partial charge in [-0.05, 0) is 20.8 Å². The number of anilines is 1. The molecule has 1 amide bonds. The number of hydrogen-bond donors (Lipinski definition) is 2. The van der Waals surface area contributed by atoms with E-state index in [1.54, 1.807) is 25.4 Å². The Morgan fingerprint density at radius 3 is 3.04 bits per heavy atom. The molecule has 3 aromatic heterocycles. The number of carbonyl (C=O) groups excluding carboxylic acids is 1. The van der Waals surface area contributed by atoms with Crippen LogP contribution in [0.4, 0.5) is 5.82 Å².